The fraction of sp³-hybridized carbons (Fsp3) is 0.733. The predicted molar refractivity (Wildman–Crippen MR) is 80.7 cm³/mol. The molecule has 1 saturated carbocycles. The first-order valence-corrected chi connectivity index (χ1v) is 7.37. The molecule has 0 saturated heterocycles. The minimum absolute atomic E-state index is 0.434. The molecule has 1 aromatic heterocycles. The molecule has 2 N–H and O–H groups in total. The topological polar surface area (TPSA) is 49.8 Å². The molecule has 0 atom stereocenters. The van der Waals surface area contributed by atoms with E-state index in [1.165, 1.54) is 25.7 Å². The van der Waals surface area contributed by atoms with Crippen molar-refractivity contribution >= 4 is 11.6 Å². The highest BCUT2D eigenvalue weighted by atomic mass is 15.1. The van der Waals surface area contributed by atoms with Crippen molar-refractivity contribution in [3.05, 3.63) is 11.4 Å². The Kier molecular flexibility index (Phi) is 4.27. The van der Waals surface area contributed by atoms with Gasteiger partial charge in [0.15, 0.2) is 0 Å². The van der Waals surface area contributed by atoms with Crippen molar-refractivity contribution in [2.45, 2.75) is 53.4 Å². The lowest BCUT2D eigenvalue weighted by atomic mass is 9.89. The Bertz CT molecular complexity index is 436. The van der Waals surface area contributed by atoms with E-state index in [1.807, 2.05) is 6.92 Å². The van der Waals surface area contributed by atoms with E-state index in [-0.39, 0.29) is 0 Å². The zero-order valence-corrected chi connectivity index (χ0v) is 12.6. The van der Waals surface area contributed by atoms with Gasteiger partial charge >= 0.3 is 0 Å². The second kappa shape index (κ2) is 5.76. The predicted octanol–water partition coefficient (Wildman–Crippen LogP) is 3.52. The lowest BCUT2D eigenvalue weighted by molar-refractivity contribution is 0.361. The van der Waals surface area contributed by atoms with E-state index in [0.29, 0.717) is 5.41 Å². The molecule has 0 aliphatic heterocycles. The van der Waals surface area contributed by atoms with Gasteiger partial charge in [-0.15, -0.1) is 0 Å². The largest absolute Gasteiger partial charge is 0.370 e. The van der Waals surface area contributed by atoms with Crippen molar-refractivity contribution in [3.63, 3.8) is 0 Å². The number of aromatic nitrogens is 2. The molecule has 0 amide bonds. The van der Waals surface area contributed by atoms with Gasteiger partial charge in [0.2, 0.25) is 0 Å². The summed E-state index contributed by atoms with van der Waals surface area (Å²) in [5, 5.41) is 6.85. The van der Waals surface area contributed by atoms with Crippen molar-refractivity contribution in [2.24, 2.45) is 5.41 Å². The minimum Gasteiger partial charge on any atom is -0.370 e. The average molecular weight is 262 g/mol. The van der Waals surface area contributed by atoms with Crippen LogP contribution in [0.1, 0.15) is 50.9 Å². The van der Waals surface area contributed by atoms with Gasteiger partial charge in [-0.3, -0.25) is 0 Å². The van der Waals surface area contributed by atoms with Crippen molar-refractivity contribution in [3.8, 4) is 0 Å². The molecule has 0 bridgehead atoms. The number of aryl methyl sites for hydroxylation is 1. The molecule has 0 radical (unpaired) electrons. The Morgan fingerprint density at radius 1 is 1.05 bits per heavy atom. The van der Waals surface area contributed by atoms with Gasteiger partial charge in [-0.1, -0.05) is 19.8 Å². The van der Waals surface area contributed by atoms with Gasteiger partial charge in [-0.05, 0) is 39.0 Å². The molecule has 1 heterocycles. The molecule has 1 aromatic rings. The van der Waals surface area contributed by atoms with Gasteiger partial charge in [0.05, 0.1) is 0 Å². The molecule has 1 fully saturated rings. The molecule has 4 heteroatoms. The normalized spacial score (nSPS) is 17.5. The highest BCUT2D eigenvalue weighted by Crippen LogP contribution is 2.37. The standard InChI is InChI=1S/C15H26N4/c1-5-16-13-11(2)14(19-12(3)18-13)17-10-15(4)8-6-7-9-15/h5-10H2,1-4H3,(H2,16,17,18,19). The van der Waals surface area contributed by atoms with Crippen molar-refractivity contribution in [1.82, 2.24) is 9.97 Å². The summed E-state index contributed by atoms with van der Waals surface area (Å²) >= 11 is 0. The summed E-state index contributed by atoms with van der Waals surface area (Å²) < 4.78 is 0. The Hall–Kier alpha value is -1.32. The van der Waals surface area contributed by atoms with Crippen LogP contribution in [0.25, 0.3) is 0 Å². The number of nitrogens with zero attached hydrogens (tertiary/aromatic N) is 2. The van der Waals surface area contributed by atoms with Gasteiger partial charge in [-0.2, -0.15) is 0 Å². The Morgan fingerprint density at radius 2 is 1.63 bits per heavy atom. The highest BCUT2D eigenvalue weighted by Gasteiger charge is 2.28. The van der Waals surface area contributed by atoms with E-state index >= 15 is 0 Å². The van der Waals surface area contributed by atoms with Crippen LogP contribution in [-0.4, -0.2) is 23.1 Å². The van der Waals surface area contributed by atoms with E-state index in [4.69, 9.17) is 0 Å². The van der Waals surface area contributed by atoms with Crippen LogP contribution in [0.3, 0.4) is 0 Å². The smallest absolute Gasteiger partial charge is 0.134 e. The molecular formula is C15H26N4. The molecule has 2 rings (SSSR count). The Labute approximate surface area is 116 Å². The molecule has 0 unspecified atom stereocenters. The number of anilines is 2. The highest BCUT2D eigenvalue weighted by molar-refractivity contribution is 5.57. The molecule has 106 valence electrons. The number of nitrogens with one attached hydrogen (secondary N) is 2. The minimum atomic E-state index is 0.434. The van der Waals surface area contributed by atoms with E-state index in [9.17, 15) is 0 Å². The second-order valence-corrected chi connectivity index (χ2v) is 5.99. The summed E-state index contributed by atoms with van der Waals surface area (Å²) in [4.78, 5) is 9.00. The van der Waals surface area contributed by atoms with Crippen LogP contribution in [0.4, 0.5) is 11.6 Å². The summed E-state index contributed by atoms with van der Waals surface area (Å²) in [6, 6.07) is 0. The molecule has 1 aliphatic carbocycles. The average Bonchev–Trinajstić information content (AvgIpc) is 2.79. The summed E-state index contributed by atoms with van der Waals surface area (Å²) in [5.74, 6) is 2.76. The molecule has 0 aromatic carbocycles. The SMILES string of the molecule is CCNc1nc(C)nc(NCC2(C)CCCC2)c1C. The van der Waals surface area contributed by atoms with Gasteiger partial charge in [0.1, 0.15) is 17.5 Å². The van der Waals surface area contributed by atoms with Crippen LogP contribution in [0.2, 0.25) is 0 Å². The maximum Gasteiger partial charge on any atom is 0.134 e. The lowest BCUT2D eigenvalue weighted by Crippen LogP contribution is -2.24. The number of hydrogen-bond acceptors (Lipinski definition) is 4. The van der Waals surface area contributed by atoms with Gasteiger partial charge in [0.25, 0.3) is 0 Å². The number of rotatable bonds is 5. The third kappa shape index (κ3) is 3.37. The zero-order valence-electron chi connectivity index (χ0n) is 12.6. The van der Waals surface area contributed by atoms with E-state index in [1.54, 1.807) is 0 Å². The molecule has 4 nitrogen and oxygen atoms in total. The fourth-order valence-electron chi connectivity index (χ4n) is 2.84. The summed E-state index contributed by atoms with van der Waals surface area (Å²) in [7, 11) is 0. The van der Waals surface area contributed by atoms with Crippen LogP contribution in [-0.2, 0) is 0 Å². The Balaban J connectivity index is 2.11. The molecule has 1 aliphatic rings. The summed E-state index contributed by atoms with van der Waals surface area (Å²) in [5.41, 5.74) is 1.55. The fourth-order valence-corrected chi connectivity index (χ4v) is 2.84. The monoisotopic (exact) mass is 262 g/mol. The lowest BCUT2D eigenvalue weighted by Gasteiger charge is -2.25. The number of hydrogen-bond donors (Lipinski definition) is 2. The second-order valence-electron chi connectivity index (χ2n) is 5.99. The van der Waals surface area contributed by atoms with Crippen molar-refractivity contribution < 1.29 is 0 Å². The van der Waals surface area contributed by atoms with Crippen LogP contribution < -0.4 is 10.6 Å². The third-order valence-electron chi connectivity index (χ3n) is 4.10. The first-order chi connectivity index (χ1) is 9.04. The van der Waals surface area contributed by atoms with Gasteiger partial charge in [0, 0.05) is 18.7 Å². The van der Waals surface area contributed by atoms with Crippen LogP contribution >= 0.6 is 0 Å². The molecule has 19 heavy (non-hydrogen) atoms. The van der Waals surface area contributed by atoms with Gasteiger partial charge < -0.3 is 10.6 Å². The summed E-state index contributed by atoms with van der Waals surface area (Å²) in [6.07, 6.45) is 5.37. The van der Waals surface area contributed by atoms with Crippen molar-refractivity contribution in [1.29, 1.82) is 0 Å². The van der Waals surface area contributed by atoms with Crippen LogP contribution in [0, 0.1) is 19.3 Å². The van der Waals surface area contributed by atoms with E-state index in [0.717, 1.165) is 36.1 Å². The Morgan fingerprint density at radius 3 is 2.21 bits per heavy atom. The van der Waals surface area contributed by atoms with E-state index in [2.05, 4.69) is 41.4 Å². The van der Waals surface area contributed by atoms with Crippen molar-refractivity contribution in [2.75, 3.05) is 23.7 Å². The van der Waals surface area contributed by atoms with E-state index < -0.39 is 0 Å². The molecule has 0 spiro atoms. The van der Waals surface area contributed by atoms with Crippen LogP contribution in [0.15, 0.2) is 0 Å². The maximum absolute atomic E-state index is 4.55. The molecular weight excluding hydrogens is 236 g/mol. The third-order valence-corrected chi connectivity index (χ3v) is 4.10. The zero-order chi connectivity index (χ0) is 13.9. The first-order valence-electron chi connectivity index (χ1n) is 7.37. The quantitative estimate of drug-likeness (QED) is 0.852. The first kappa shape index (κ1) is 14.1. The van der Waals surface area contributed by atoms with Crippen LogP contribution in [0.5, 0.6) is 0 Å². The summed E-state index contributed by atoms with van der Waals surface area (Å²) in [6.45, 7) is 10.4. The van der Waals surface area contributed by atoms with Gasteiger partial charge in [-0.25, -0.2) is 9.97 Å². The maximum atomic E-state index is 4.55.